The molecule has 2 fully saturated rings. The van der Waals surface area contributed by atoms with Crippen molar-refractivity contribution < 1.29 is 14.0 Å². The molecule has 1 aromatic heterocycles. The summed E-state index contributed by atoms with van der Waals surface area (Å²) in [5.74, 6) is -0.326. The first-order chi connectivity index (χ1) is 15.6. The summed E-state index contributed by atoms with van der Waals surface area (Å²) in [4.78, 5) is 29.5. The number of hydrogen-bond acceptors (Lipinski definition) is 3. The van der Waals surface area contributed by atoms with E-state index in [1.165, 1.54) is 6.07 Å². The van der Waals surface area contributed by atoms with Crippen LogP contribution in [0.2, 0.25) is 0 Å². The fourth-order valence-electron chi connectivity index (χ4n) is 4.95. The van der Waals surface area contributed by atoms with Crippen LogP contribution in [0.5, 0.6) is 0 Å². The van der Waals surface area contributed by atoms with E-state index < -0.39 is 0 Å². The molecule has 5 rings (SSSR count). The Balaban J connectivity index is 1.28. The maximum atomic E-state index is 14.1. The Kier molecular flexibility index (Phi) is 5.25. The molecule has 0 bridgehead atoms. The Bertz CT molecular complexity index is 1140. The Morgan fingerprint density at radius 2 is 1.75 bits per heavy atom. The highest BCUT2D eigenvalue weighted by Gasteiger charge is 2.47. The van der Waals surface area contributed by atoms with Gasteiger partial charge in [-0.25, -0.2) is 4.39 Å². The van der Waals surface area contributed by atoms with Crippen molar-refractivity contribution in [2.24, 2.45) is 0 Å². The minimum absolute atomic E-state index is 0.145. The Morgan fingerprint density at radius 1 is 1.03 bits per heavy atom. The van der Waals surface area contributed by atoms with E-state index in [4.69, 9.17) is 0 Å². The van der Waals surface area contributed by atoms with E-state index in [1.807, 2.05) is 35.2 Å². The van der Waals surface area contributed by atoms with Gasteiger partial charge >= 0.3 is 0 Å². The third-order valence-electron chi connectivity index (χ3n) is 6.80. The van der Waals surface area contributed by atoms with Gasteiger partial charge in [0.15, 0.2) is 0 Å². The SMILES string of the molecule is O=C(c1cc(-c2ccccc2F)n[nH]1)N1CCC2(CCC(=O)N2Cc2ccccc2)CC1. The second-order valence-corrected chi connectivity index (χ2v) is 8.63. The number of H-pyrrole nitrogens is 1. The average molecular weight is 432 g/mol. The maximum absolute atomic E-state index is 14.1. The molecule has 164 valence electrons. The average Bonchev–Trinajstić information content (AvgIpc) is 3.42. The van der Waals surface area contributed by atoms with Gasteiger partial charge < -0.3 is 9.80 Å². The zero-order chi connectivity index (χ0) is 22.1. The van der Waals surface area contributed by atoms with E-state index in [0.29, 0.717) is 43.0 Å². The van der Waals surface area contributed by atoms with E-state index in [0.717, 1.165) is 24.8 Å². The number of nitrogens with one attached hydrogen (secondary N) is 1. The van der Waals surface area contributed by atoms with Crippen LogP contribution in [0, 0.1) is 5.82 Å². The fraction of sp³-hybridized carbons (Fsp3) is 0.320. The maximum Gasteiger partial charge on any atom is 0.271 e. The van der Waals surface area contributed by atoms with Crippen LogP contribution in [0.3, 0.4) is 0 Å². The molecule has 3 aromatic rings. The van der Waals surface area contributed by atoms with Crippen LogP contribution >= 0.6 is 0 Å². The second kappa shape index (κ2) is 8.22. The summed E-state index contributed by atoms with van der Waals surface area (Å²) >= 11 is 0. The van der Waals surface area contributed by atoms with E-state index in [1.54, 1.807) is 29.2 Å². The molecule has 0 unspecified atom stereocenters. The predicted octanol–water partition coefficient (Wildman–Crippen LogP) is 4.01. The molecule has 32 heavy (non-hydrogen) atoms. The van der Waals surface area contributed by atoms with Gasteiger partial charge in [-0.3, -0.25) is 14.7 Å². The molecule has 2 aromatic carbocycles. The number of carbonyl (C=O) groups is 2. The van der Waals surface area contributed by atoms with Crippen LogP contribution < -0.4 is 0 Å². The Morgan fingerprint density at radius 3 is 2.50 bits per heavy atom. The van der Waals surface area contributed by atoms with Crippen molar-refractivity contribution in [3.63, 3.8) is 0 Å². The summed E-state index contributed by atoms with van der Waals surface area (Å²) in [6.45, 7) is 1.76. The van der Waals surface area contributed by atoms with Gasteiger partial charge in [0, 0.05) is 37.2 Å². The third kappa shape index (κ3) is 3.68. The second-order valence-electron chi connectivity index (χ2n) is 8.63. The molecule has 0 atom stereocenters. The number of piperidine rings is 1. The largest absolute Gasteiger partial charge is 0.337 e. The van der Waals surface area contributed by atoms with E-state index in [2.05, 4.69) is 10.2 Å². The van der Waals surface area contributed by atoms with Crippen LogP contribution in [-0.2, 0) is 11.3 Å². The number of hydrogen-bond donors (Lipinski definition) is 1. The van der Waals surface area contributed by atoms with Gasteiger partial charge in [0.05, 0.1) is 5.69 Å². The third-order valence-corrected chi connectivity index (χ3v) is 6.80. The van der Waals surface area contributed by atoms with E-state index in [9.17, 15) is 14.0 Å². The molecular formula is C25H25FN4O2. The van der Waals surface area contributed by atoms with Gasteiger partial charge in [-0.1, -0.05) is 42.5 Å². The van der Waals surface area contributed by atoms with Gasteiger partial charge in [0.1, 0.15) is 11.5 Å². The van der Waals surface area contributed by atoms with Gasteiger partial charge in [-0.05, 0) is 43.0 Å². The molecule has 3 heterocycles. The number of nitrogens with zero attached hydrogens (tertiary/aromatic N) is 3. The normalized spacial score (nSPS) is 17.8. The molecule has 6 nitrogen and oxygen atoms in total. The van der Waals surface area contributed by atoms with Crippen LogP contribution in [-0.4, -0.2) is 50.4 Å². The van der Waals surface area contributed by atoms with Gasteiger partial charge in [-0.2, -0.15) is 5.10 Å². The zero-order valence-electron chi connectivity index (χ0n) is 17.8. The molecule has 2 aliphatic rings. The quantitative estimate of drug-likeness (QED) is 0.677. The highest BCUT2D eigenvalue weighted by molar-refractivity contribution is 5.93. The number of likely N-dealkylation sites (tertiary alicyclic amines) is 2. The summed E-state index contributed by atoms with van der Waals surface area (Å²) in [5.41, 5.74) is 2.06. The van der Waals surface area contributed by atoms with Gasteiger partial charge in [0.25, 0.3) is 5.91 Å². The minimum Gasteiger partial charge on any atom is -0.337 e. The highest BCUT2D eigenvalue weighted by atomic mass is 19.1. The molecule has 0 saturated carbocycles. The van der Waals surface area contributed by atoms with Gasteiger partial charge in [0.2, 0.25) is 5.91 Å². The van der Waals surface area contributed by atoms with Crippen LogP contribution in [0.25, 0.3) is 11.3 Å². The monoisotopic (exact) mass is 432 g/mol. The number of aromatic nitrogens is 2. The van der Waals surface area contributed by atoms with Crippen molar-refractivity contribution in [3.8, 4) is 11.3 Å². The number of benzene rings is 2. The summed E-state index contributed by atoms with van der Waals surface area (Å²) in [7, 11) is 0. The number of rotatable bonds is 4. The lowest BCUT2D eigenvalue weighted by Gasteiger charge is -2.45. The summed E-state index contributed by atoms with van der Waals surface area (Å²) in [5, 5.41) is 6.90. The van der Waals surface area contributed by atoms with E-state index in [-0.39, 0.29) is 23.2 Å². The summed E-state index contributed by atoms with van der Waals surface area (Å²) in [6.07, 6.45) is 2.91. The molecule has 2 amide bonds. The van der Waals surface area contributed by atoms with Crippen molar-refractivity contribution in [1.29, 1.82) is 0 Å². The first kappa shape index (κ1) is 20.4. The van der Waals surface area contributed by atoms with Crippen LogP contribution in [0.15, 0.2) is 60.7 Å². The van der Waals surface area contributed by atoms with Crippen molar-refractivity contribution >= 4 is 11.8 Å². The first-order valence-electron chi connectivity index (χ1n) is 11.0. The number of aromatic amines is 1. The van der Waals surface area contributed by atoms with Crippen LogP contribution in [0.1, 0.15) is 41.7 Å². The number of carbonyl (C=O) groups excluding carboxylic acids is 2. The Labute approximate surface area is 186 Å². The Hall–Kier alpha value is -3.48. The molecule has 0 radical (unpaired) electrons. The van der Waals surface area contributed by atoms with Crippen LogP contribution in [0.4, 0.5) is 4.39 Å². The molecule has 7 heteroatoms. The lowest BCUT2D eigenvalue weighted by atomic mass is 9.84. The highest BCUT2D eigenvalue weighted by Crippen LogP contribution is 2.40. The molecule has 1 N–H and O–H groups in total. The van der Waals surface area contributed by atoms with Crippen molar-refractivity contribution in [3.05, 3.63) is 77.7 Å². The lowest BCUT2D eigenvalue weighted by Crippen LogP contribution is -2.53. The standard InChI is InChI=1S/C25H25FN4O2/c26-20-9-5-4-8-19(20)21-16-22(28-27-21)24(32)29-14-12-25(13-15-29)11-10-23(31)30(25)17-18-6-2-1-3-7-18/h1-9,16H,10-15,17H2,(H,27,28). The number of halogens is 1. The molecular weight excluding hydrogens is 407 g/mol. The minimum atomic E-state index is -0.373. The summed E-state index contributed by atoms with van der Waals surface area (Å²) < 4.78 is 14.1. The fourth-order valence-corrected chi connectivity index (χ4v) is 4.95. The van der Waals surface area contributed by atoms with Crippen molar-refractivity contribution in [1.82, 2.24) is 20.0 Å². The molecule has 0 aliphatic carbocycles. The molecule has 2 aliphatic heterocycles. The van der Waals surface area contributed by atoms with E-state index >= 15 is 0 Å². The number of amides is 2. The topological polar surface area (TPSA) is 69.3 Å². The molecule has 1 spiro atoms. The summed E-state index contributed by atoms with van der Waals surface area (Å²) in [6, 6.07) is 18.0. The molecule has 2 saturated heterocycles. The smallest absolute Gasteiger partial charge is 0.271 e. The predicted molar refractivity (Wildman–Crippen MR) is 118 cm³/mol. The van der Waals surface area contributed by atoms with Crippen molar-refractivity contribution in [2.45, 2.75) is 37.8 Å². The zero-order valence-corrected chi connectivity index (χ0v) is 17.8. The van der Waals surface area contributed by atoms with Crippen molar-refractivity contribution in [2.75, 3.05) is 13.1 Å². The van der Waals surface area contributed by atoms with Gasteiger partial charge in [-0.15, -0.1) is 0 Å². The first-order valence-corrected chi connectivity index (χ1v) is 11.0. The lowest BCUT2D eigenvalue weighted by molar-refractivity contribution is -0.133.